The van der Waals surface area contributed by atoms with E-state index in [2.05, 4.69) is 43.5 Å². The van der Waals surface area contributed by atoms with Gasteiger partial charge in [0.05, 0.1) is 0 Å². The van der Waals surface area contributed by atoms with Crippen molar-refractivity contribution in [2.45, 2.75) is 83.0 Å². The van der Waals surface area contributed by atoms with Crippen LogP contribution in [0.1, 0.15) is 58.9 Å². The highest BCUT2D eigenvalue weighted by Gasteiger charge is 2.34. The van der Waals surface area contributed by atoms with Crippen LogP contribution >= 0.6 is 12.4 Å². The van der Waals surface area contributed by atoms with Crippen LogP contribution in [0.25, 0.3) is 0 Å². The minimum absolute atomic E-state index is 0. The molecule has 2 aliphatic heterocycles. The molecule has 1 amide bonds. The zero-order chi connectivity index (χ0) is 17.3. The van der Waals surface area contributed by atoms with Crippen molar-refractivity contribution in [3.63, 3.8) is 0 Å². The van der Waals surface area contributed by atoms with E-state index < -0.39 is 6.10 Å². The molecule has 1 aromatic rings. The van der Waals surface area contributed by atoms with Crippen molar-refractivity contribution in [1.29, 1.82) is 0 Å². The highest BCUT2D eigenvalue weighted by atomic mass is 35.5. The van der Waals surface area contributed by atoms with Crippen molar-refractivity contribution < 1.29 is 9.53 Å². The summed E-state index contributed by atoms with van der Waals surface area (Å²) in [5.74, 6) is 0.734. The topological polar surface area (TPSA) is 50.4 Å². The summed E-state index contributed by atoms with van der Waals surface area (Å²) in [7, 11) is 0. The molecular weight excluding hydrogens is 336 g/mol. The van der Waals surface area contributed by atoms with Gasteiger partial charge < -0.3 is 15.4 Å². The van der Waals surface area contributed by atoms with Gasteiger partial charge in [-0.15, -0.1) is 12.4 Å². The van der Waals surface area contributed by atoms with E-state index in [0.717, 1.165) is 18.6 Å². The number of ether oxygens (including phenoxy) is 1. The first-order valence-electron chi connectivity index (χ1n) is 9.15. The van der Waals surface area contributed by atoms with Crippen LogP contribution in [0.4, 0.5) is 0 Å². The number of hydrogen-bond acceptors (Lipinski definition) is 3. The minimum atomic E-state index is -0.474. The molecule has 1 aromatic carbocycles. The predicted molar refractivity (Wildman–Crippen MR) is 104 cm³/mol. The third kappa shape index (κ3) is 5.11. The summed E-state index contributed by atoms with van der Waals surface area (Å²) in [4.78, 5) is 12.4. The molecule has 2 aliphatic rings. The lowest BCUT2D eigenvalue weighted by Crippen LogP contribution is -2.50. The molecule has 3 rings (SSSR count). The number of amides is 1. The summed E-state index contributed by atoms with van der Waals surface area (Å²) in [5, 5.41) is 6.77. The van der Waals surface area contributed by atoms with E-state index in [1.807, 2.05) is 19.1 Å². The molecule has 0 radical (unpaired) electrons. The van der Waals surface area contributed by atoms with Crippen molar-refractivity contribution in [3.8, 4) is 5.75 Å². The fraction of sp³-hybridized carbons (Fsp3) is 0.650. The molecular formula is C20H31ClN2O2. The fourth-order valence-corrected chi connectivity index (χ4v) is 3.78. The van der Waals surface area contributed by atoms with Crippen LogP contribution in [0.5, 0.6) is 5.75 Å². The van der Waals surface area contributed by atoms with Gasteiger partial charge >= 0.3 is 0 Å². The van der Waals surface area contributed by atoms with Crippen LogP contribution < -0.4 is 15.4 Å². The first-order valence-corrected chi connectivity index (χ1v) is 9.15. The third-order valence-corrected chi connectivity index (χ3v) is 5.22. The number of benzene rings is 1. The lowest BCUT2D eigenvalue weighted by atomic mass is 9.87. The van der Waals surface area contributed by atoms with Gasteiger partial charge in [-0.25, -0.2) is 0 Å². The highest BCUT2D eigenvalue weighted by molar-refractivity contribution is 5.85. The number of carbonyl (C=O) groups excluding carboxylic acids is 1. The SMILES string of the molecule is CC(Oc1ccc(C(C)(C)C)cc1)C(=O)NC1CC2CCC(C1)N2.Cl. The lowest BCUT2D eigenvalue weighted by molar-refractivity contribution is -0.128. The predicted octanol–water partition coefficient (Wildman–Crippen LogP) is 3.57. The molecule has 5 heteroatoms. The summed E-state index contributed by atoms with van der Waals surface area (Å²) >= 11 is 0. The van der Waals surface area contributed by atoms with E-state index in [1.165, 1.54) is 18.4 Å². The van der Waals surface area contributed by atoms with Crippen LogP contribution in [0.2, 0.25) is 0 Å². The zero-order valence-electron chi connectivity index (χ0n) is 15.7. The second-order valence-electron chi connectivity index (χ2n) is 8.35. The molecule has 2 bridgehead atoms. The van der Waals surface area contributed by atoms with Crippen LogP contribution in [0, 0.1) is 0 Å². The second-order valence-corrected chi connectivity index (χ2v) is 8.35. The normalized spacial score (nSPS) is 26.5. The van der Waals surface area contributed by atoms with Gasteiger partial charge in [0.2, 0.25) is 0 Å². The summed E-state index contributed by atoms with van der Waals surface area (Å²) in [6.07, 6.45) is 4.08. The first-order chi connectivity index (χ1) is 11.3. The van der Waals surface area contributed by atoms with Gasteiger partial charge in [-0.3, -0.25) is 4.79 Å². The molecule has 0 aliphatic carbocycles. The molecule has 0 aromatic heterocycles. The largest absolute Gasteiger partial charge is 0.481 e. The van der Waals surface area contributed by atoms with E-state index in [4.69, 9.17) is 4.74 Å². The molecule has 3 atom stereocenters. The van der Waals surface area contributed by atoms with Crippen molar-refractivity contribution >= 4 is 18.3 Å². The van der Waals surface area contributed by atoms with Crippen molar-refractivity contribution in [2.75, 3.05) is 0 Å². The quantitative estimate of drug-likeness (QED) is 0.856. The monoisotopic (exact) mass is 366 g/mol. The third-order valence-electron chi connectivity index (χ3n) is 5.22. The zero-order valence-corrected chi connectivity index (χ0v) is 16.5. The Morgan fingerprint density at radius 3 is 2.24 bits per heavy atom. The molecule has 2 N–H and O–H groups in total. The highest BCUT2D eigenvalue weighted by Crippen LogP contribution is 2.27. The van der Waals surface area contributed by atoms with Crippen LogP contribution in [-0.2, 0) is 10.2 Å². The Hall–Kier alpha value is -1.26. The first kappa shape index (κ1) is 20.1. The Kier molecular flexibility index (Phi) is 6.39. The molecule has 4 nitrogen and oxygen atoms in total. The maximum absolute atomic E-state index is 12.4. The van der Waals surface area contributed by atoms with Crippen molar-refractivity contribution in [1.82, 2.24) is 10.6 Å². The molecule has 2 fully saturated rings. The van der Waals surface area contributed by atoms with Gasteiger partial charge in [-0.1, -0.05) is 32.9 Å². The average Bonchev–Trinajstić information content (AvgIpc) is 2.85. The summed E-state index contributed by atoms with van der Waals surface area (Å²) in [6.45, 7) is 8.38. The standard InChI is InChI=1S/C20H30N2O2.ClH/c1-13(24-18-9-5-14(6-10-18)20(2,3)4)19(23)22-17-11-15-7-8-16(12-17)21-15;/h5-6,9-10,13,15-17,21H,7-8,11-12H2,1-4H3,(H,22,23);1H. The maximum Gasteiger partial charge on any atom is 0.260 e. The van der Waals surface area contributed by atoms with E-state index in [1.54, 1.807) is 0 Å². The maximum atomic E-state index is 12.4. The Bertz CT molecular complexity index is 570. The van der Waals surface area contributed by atoms with Gasteiger partial charge in [0.15, 0.2) is 6.10 Å². The molecule has 0 spiro atoms. The summed E-state index contributed by atoms with van der Waals surface area (Å²) < 4.78 is 5.83. The van der Waals surface area contributed by atoms with Crippen LogP contribution in [0.15, 0.2) is 24.3 Å². The number of halogens is 1. The van der Waals surface area contributed by atoms with E-state index in [9.17, 15) is 4.79 Å². The molecule has 2 heterocycles. The lowest BCUT2D eigenvalue weighted by Gasteiger charge is -2.30. The summed E-state index contributed by atoms with van der Waals surface area (Å²) in [6, 6.07) is 9.50. The van der Waals surface area contributed by atoms with E-state index in [-0.39, 0.29) is 29.8 Å². The van der Waals surface area contributed by atoms with Gasteiger partial charge in [0.1, 0.15) is 5.75 Å². The molecule has 140 valence electrons. The Balaban J connectivity index is 0.00000225. The Morgan fingerprint density at radius 1 is 1.16 bits per heavy atom. The number of piperidine rings is 1. The number of carbonyl (C=O) groups is 1. The van der Waals surface area contributed by atoms with Crippen LogP contribution in [0.3, 0.4) is 0 Å². The molecule has 25 heavy (non-hydrogen) atoms. The molecule has 3 unspecified atom stereocenters. The van der Waals surface area contributed by atoms with Crippen molar-refractivity contribution in [2.24, 2.45) is 0 Å². The summed E-state index contributed by atoms with van der Waals surface area (Å²) in [5.41, 5.74) is 1.38. The number of fused-ring (bicyclic) bond motifs is 2. The fourth-order valence-electron chi connectivity index (χ4n) is 3.78. The van der Waals surface area contributed by atoms with Gasteiger partial charge in [-0.2, -0.15) is 0 Å². The van der Waals surface area contributed by atoms with E-state index >= 15 is 0 Å². The average molecular weight is 367 g/mol. The van der Waals surface area contributed by atoms with Gasteiger partial charge in [0.25, 0.3) is 5.91 Å². The molecule has 2 saturated heterocycles. The van der Waals surface area contributed by atoms with Crippen molar-refractivity contribution in [3.05, 3.63) is 29.8 Å². The van der Waals surface area contributed by atoms with E-state index in [0.29, 0.717) is 12.1 Å². The van der Waals surface area contributed by atoms with Gasteiger partial charge in [-0.05, 0) is 55.7 Å². The number of hydrogen-bond donors (Lipinski definition) is 2. The van der Waals surface area contributed by atoms with Gasteiger partial charge in [0, 0.05) is 18.1 Å². The number of rotatable bonds is 4. The molecule has 0 saturated carbocycles. The number of nitrogens with one attached hydrogen (secondary N) is 2. The smallest absolute Gasteiger partial charge is 0.260 e. The second kappa shape index (κ2) is 7.96. The Morgan fingerprint density at radius 2 is 1.72 bits per heavy atom. The minimum Gasteiger partial charge on any atom is -0.481 e. The van der Waals surface area contributed by atoms with Crippen LogP contribution in [-0.4, -0.2) is 30.1 Å². The Labute approximate surface area is 157 Å².